The van der Waals surface area contributed by atoms with Gasteiger partial charge >= 0.3 is 6.18 Å². The van der Waals surface area contributed by atoms with E-state index in [1.807, 2.05) is 12.1 Å². The lowest BCUT2D eigenvalue weighted by Crippen LogP contribution is -2.37. The molecule has 3 aromatic heterocycles. The third kappa shape index (κ3) is 4.41. The topological polar surface area (TPSA) is 88.6 Å². The molecule has 0 saturated carbocycles. The van der Waals surface area contributed by atoms with Gasteiger partial charge in [-0.2, -0.15) is 18.2 Å². The molecule has 1 amide bonds. The van der Waals surface area contributed by atoms with Gasteiger partial charge in [0.25, 0.3) is 11.6 Å². The summed E-state index contributed by atoms with van der Waals surface area (Å²) in [4.78, 5) is 22.5. The molecule has 0 bridgehead atoms. The summed E-state index contributed by atoms with van der Waals surface area (Å²) in [5.41, 5.74) is 1.38. The number of likely N-dealkylation sites (tertiary alicyclic amines) is 1. The van der Waals surface area contributed by atoms with E-state index in [0.29, 0.717) is 23.5 Å². The molecule has 0 unspecified atom stereocenters. The predicted octanol–water partition coefficient (Wildman–Crippen LogP) is 2.85. The summed E-state index contributed by atoms with van der Waals surface area (Å²) in [7, 11) is 0. The number of rotatable bonds is 6. The molecule has 0 radical (unpaired) electrons. The summed E-state index contributed by atoms with van der Waals surface area (Å²) in [6.07, 6.45) is -0.865. The molecule has 11 heteroatoms. The number of carbonyl (C=O) groups excluding carboxylic acids is 1. The molecule has 8 nitrogen and oxygen atoms in total. The van der Waals surface area contributed by atoms with Crippen LogP contribution in [0.4, 0.5) is 13.2 Å². The molecule has 1 aliphatic rings. The molecule has 0 spiro atoms. The second kappa shape index (κ2) is 8.29. The van der Waals surface area contributed by atoms with Crippen LogP contribution in [0.5, 0.6) is 0 Å². The van der Waals surface area contributed by atoms with Crippen molar-refractivity contribution in [3.8, 4) is 0 Å². The van der Waals surface area contributed by atoms with Gasteiger partial charge < -0.3 is 9.73 Å². The van der Waals surface area contributed by atoms with Gasteiger partial charge in [0.2, 0.25) is 5.91 Å². The molecular weight excluding hydrogens is 413 g/mol. The molecule has 1 saturated heterocycles. The number of amides is 1. The van der Waals surface area contributed by atoms with Crippen molar-refractivity contribution in [2.75, 3.05) is 19.6 Å². The van der Waals surface area contributed by atoms with Crippen LogP contribution in [-0.2, 0) is 17.4 Å². The SMILES string of the molecule is Cc1nc2nc(C(F)(F)F)nn2c(C)c1CC(=O)NC[C@@H](c1ccco1)N1CCCC1. The first kappa shape index (κ1) is 21.3. The van der Waals surface area contributed by atoms with Gasteiger partial charge in [0, 0.05) is 23.5 Å². The smallest absolute Gasteiger partial charge is 0.453 e. The van der Waals surface area contributed by atoms with Crippen LogP contribution in [0.25, 0.3) is 5.78 Å². The lowest BCUT2D eigenvalue weighted by atomic mass is 10.1. The zero-order chi connectivity index (χ0) is 22.2. The molecule has 31 heavy (non-hydrogen) atoms. The Bertz CT molecular complexity index is 1070. The number of nitrogens with zero attached hydrogens (tertiary/aromatic N) is 5. The number of fused-ring (bicyclic) bond motifs is 1. The van der Waals surface area contributed by atoms with Gasteiger partial charge in [-0.1, -0.05) is 0 Å². The maximum Gasteiger partial charge on any atom is 0.453 e. The molecule has 3 aromatic rings. The molecule has 1 aliphatic heterocycles. The molecule has 1 atom stereocenters. The third-order valence-electron chi connectivity index (χ3n) is 5.59. The highest BCUT2D eigenvalue weighted by atomic mass is 19.4. The monoisotopic (exact) mass is 436 g/mol. The van der Waals surface area contributed by atoms with Crippen LogP contribution in [0.15, 0.2) is 22.8 Å². The van der Waals surface area contributed by atoms with Crippen LogP contribution in [0.1, 0.15) is 47.4 Å². The third-order valence-corrected chi connectivity index (χ3v) is 5.59. The number of hydrogen-bond donors (Lipinski definition) is 1. The van der Waals surface area contributed by atoms with Crippen molar-refractivity contribution >= 4 is 11.7 Å². The Morgan fingerprint density at radius 2 is 2.00 bits per heavy atom. The van der Waals surface area contributed by atoms with Crippen molar-refractivity contribution in [2.24, 2.45) is 0 Å². The lowest BCUT2D eigenvalue weighted by Gasteiger charge is -2.26. The van der Waals surface area contributed by atoms with E-state index in [-0.39, 0.29) is 24.1 Å². The number of halogens is 3. The summed E-state index contributed by atoms with van der Waals surface area (Å²) in [6, 6.07) is 3.65. The van der Waals surface area contributed by atoms with Crippen molar-refractivity contribution in [3.63, 3.8) is 0 Å². The number of alkyl halides is 3. The minimum atomic E-state index is -4.66. The zero-order valence-corrected chi connectivity index (χ0v) is 17.2. The fraction of sp³-hybridized carbons (Fsp3) is 0.500. The molecule has 0 aromatic carbocycles. The lowest BCUT2D eigenvalue weighted by molar-refractivity contribution is -0.144. The standard InChI is InChI=1S/C20H23F3N6O2/c1-12-14(13(2)29-19(25-12)26-18(27-29)20(21,22)23)10-17(30)24-11-15(16-6-5-9-31-16)28-7-3-4-8-28/h5-6,9,15H,3-4,7-8,10-11H2,1-2H3,(H,24,30)/t15-/m0/s1. The van der Waals surface area contributed by atoms with Crippen molar-refractivity contribution in [1.82, 2.24) is 29.8 Å². The van der Waals surface area contributed by atoms with Crippen molar-refractivity contribution in [3.05, 3.63) is 46.9 Å². The van der Waals surface area contributed by atoms with E-state index in [2.05, 4.69) is 25.3 Å². The number of hydrogen-bond acceptors (Lipinski definition) is 6. The Morgan fingerprint density at radius 1 is 1.26 bits per heavy atom. The van der Waals surface area contributed by atoms with Crippen LogP contribution in [0.2, 0.25) is 0 Å². The number of nitrogens with one attached hydrogen (secondary N) is 1. The van der Waals surface area contributed by atoms with Crippen LogP contribution in [0.3, 0.4) is 0 Å². The number of furan rings is 1. The molecule has 4 heterocycles. The van der Waals surface area contributed by atoms with Crippen LogP contribution < -0.4 is 5.32 Å². The summed E-state index contributed by atoms with van der Waals surface area (Å²) in [6.45, 7) is 5.51. The highest BCUT2D eigenvalue weighted by Crippen LogP contribution is 2.27. The first-order valence-electron chi connectivity index (χ1n) is 10.1. The van der Waals surface area contributed by atoms with Gasteiger partial charge in [-0.25, -0.2) is 9.50 Å². The average molecular weight is 436 g/mol. The summed E-state index contributed by atoms with van der Waals surface area (Å²) in [5, 5.41) is 6.45. The van der Waals surface area contributed by atoms with Crippen LogP contribution in [0, 0.1) is 13.8 Å². The predicted molar refractivity (Wildman–Crippen MR) is 104 cm³/mol. The van der Waals surface area contributed by atoms with E-state index in [0.717, 1.165) is 36.2 Å². The molecule has 1 N–H and O–H groups in total. The fourth-order valence-corrected chi connectivity index (χ4v) is 3.96. The largest absolute Gasteiger partial charge is 0.468 e. The molecule has 0 aliphatic carbocycles. The normalized spacial score (nSPS) is 16.2. The van der Waals surface area contributed by atoms with Gasteiger partial charge in [-0.15, -0.1) is 5.10 Å². The van der Waals surface area contributed by atoms with Gasteiger partial charge in [-0.05, 0) is 51.9 Å². The van der Waals surface area contributed by atoms with E-state index in [4.69, 9.17) is 4.42 Å². The molecular formula is C20H23F3N6O2. The quantitative estimate of drug-likeness (QED) is 0.639. The first-order valence-corrected chi connectivity index (χ1v) is 10.1. The zero-order valence-electron chi connectivity index (χ0n) is 17.2. The van der Waals surface area contributed by atoms with Crippen molar-refractivity contribution in [2.45, 2.75) is 45.3 Å². The van der Waals surface area contributed by atoms with Gasteiger partial charge in [0.1, 0.15) is 5.76 Å². The van der Waals surface area contributed by atoms with E-state index in [1.165, 1.54) is 0 Å². The fourth-order valence-electron chi connectivity index (χ4n) is 3.96. The Morgan fingerprint density at radius 3 is 2.65 bits per heavy atom. The highest BCUT2D eigenvalue weighted by Gasteiger charge is 2.37. The maximum atomic E-state index is 12.9. The number of aryl methyl sites for hydroxylation is 2. The Hall–Kier alpha value is -2.95. The second-order valence-electron chi connectivity index (χ2n) is 7.66. The molecule has 4 rings (SSSR count). The van der Waals surface area contributed by atoms with E-state index in [9.17, 15) is 18.0 Å². The second-order valence-corrected chi connectivity index (χ2v) is 7.66. The van der Waals surface area contributed by atoms with Crippen LogP contribution >= 0.6 is 0 Å². The van der Waals surface area contributed by atoms with Crippen LogP contribution in [-0.4, -0.2) is 50.0 Å². The van der Waals surface area contributed by atoms with Gasteiger partial charge in [-0.3, -0.25) is 9.69 Å². The maximum absolute atomic E-state index is 12.9. The highest BCUT2D eigenvalue weighted by molar-refractivity contribution is 5.79. The minimum absolute atomic E-state index is 0.0211. The summed E-state index contributed by atoms with van der Waals surface area (Å²) >= 11 is 0. The first-order chi connectivity index (χ1) is 14.7. The van der Waals surface area contributed by atoms with Gasteiger partial charge in [0.15, 0.2) is 0 Å². The van der Waals surface area contributed by atoms with Crippen molar-refractivity contribution < 1.29 is 22.4 Å². The van der Waals surface area contributed by atoms with E-state index >= 15 is 0 Å². The Balaban J connectivity index is 1.50. The summed E-state index contributed by atoms with van der Waals surface area (Å²) in [5.74, 6) is -0.853. The van der Waals surface area contributed by atoms with Gasteiger partial charge in [0.05, 0.1) is 18.7 Å². The van der Waals surface area contributed by atoms with E-state index < -0.39 is 12.0 Å². The van der Waals surface area contributed by atoms with Crippen molar-refractivity contribution in [1.29, 1.82) is 0 Å². The average Bonchev–Trinajstić information content (AvgIpc) is 3.46. The molecule has 1 fully saturated rings. The Kier molecular flexibility index (Phi) is 5.69. The molecule has 166 valence electrons. The summed E-state index contributed by atoms with van der Waals surface area (Å²) < 4.78 is 45.4. The number of aromatic nitrogens is 4. The number of carbonyl (C=O) groups is 1. The Labute approximate surface area is 176 Å². The minimum Gasteiger partial charge on any atom is -0.468 e. The van der Waals surface area contributed by atoms with E-state index in [1.54, 1.807) is 20.1 Å².